The number of rotatable bonds is 7. The summed E-state index contributed by atoms with van der Waals surface area (Å²) in [5.74, 6) is 0.0619. The molecule has 1 atom stereocenters. The first-order valence-corrected chi connectivity index (χ1v) is 7.88. The molecule has 1 aromatic heterocycles. The standard InChI is InChI=1S/C16H25ClN2O/c1-5-8-9-19(12(4)6-2)16(20)13-10-14(7-3)18-15(17)11-13/h10-12H,5-9H2,1-4H3. The summed E-state index contributed by atoms with van der Waals surface area (Å²) in [5, 5.41) is 0.396. The van der Waals surface area contributed by atoms with E-state index in [9.17, 15) is 4.79 Å². The molecule has 0 saturated carbocycles. The largest absolute Gasteiger partial charge is 0.336 e. The zero-order valence-corrected chi connectivity index (χ0v) is 13.7. The quantitative estimate of drug-likeness (QED) is 0.701. The van der Waals surface area contributed by atoms with Crippen LogP contribution in [0.4, 0.5) is 0 Å². The summed E-state index contributed by atoms with van der Waals surface area (Å²) in [6.07, 6.45) is 3.83. The molecule has 3 nitrogen and oxygen atoms in total. The predicted molar refractivity (Wildman–Crippen MR) is 84.3 cm³/mol. The van der Waals surface area contributed by atoms with Gasteiger partial charge in [0.2, 0.25) is 0 Å². The van der Waals surface area contributed by atoms with Crippen molar-refractivity contribution in [3.05, 3.63) is 28.5 Å². The van der Waals surface area contributed by atoms with Gasteiger partial charge in [0.25, 0.3) is 5.91 Å². The van der Waals surface area contributed by atoms with Gasteiger partial charge in [-0.25, -0.2) is 4.98 Å². The Hall–Kier alpha value is -1.09. The van der Waals surface area contributed by atoms with Gasteiger partial charge in [0.05, 0.1) is 0 Å². The minimum Gasteiger partial charge on any atom is -0.336 e. The molecule has 0 aliphatic carbocycles. The van der Waals surface area contributed by atoms with Crippen molar-refractivity contribution < 1.29 is 4.79 Å². The molecule has 0 aliphatic rings. The highest BCUT2D eigenvalue weighted by atomic mass is 35.5. The number of hydrogen-bond donors (Lipinski definition) is 0. The normalized spacial score (nSPS) is 12.2. The summed E-state index contributed by atoms with van der Waals surface area (Å²) >= 11 is 6.01. The number of carbonyl (C=O) groups is 1. The Balaban J connectivity index is 3.01. The monoisotopic (exact) mass is 296 g/mol. The maximum absolute atomic E-state index is 12.7. The average molecular weight is 297 g/mol. The molecule has 0 aromatic carbocycles. The van der Waals surface area contributed by atoms with Crippen molar-refractivity contribution in [2.24, 2.45) is 0 Å². The van der Waals surface area contributed by atoms with Crippen molar-refractivity contribution in [3.8, 4) is 0 Å². The molecule has 4 heteroatoms. The van der Waals surface area contributed by atoms with E-state index in [1.54, 1.807) is 6.07 Å². The maximum Gasteiger partial charge on any atom is 0.254 e. The molecule has 0 N–H and O–H groups in total. The molecule has 1 unspecified atom stereocenters. The summed E-state index contributed by atoms with van der Waals surface area (Å²) in [7, 11) is 0. The Kier molecular flexibility index (Phi) is 7.00. The summed E-state index contributed by atoms with van der Waals surface area (Å²) in [6, 6.07) is 3.77. The van der Waals surface area contributed by atoms with Gasteiger partial charge in [-0.2, -0.15) is 0 Å². The molecule has 0 fully saturated rings. The van der Waals surface area contributed by atoms with E-state index < -0.39 is 0 Å². The fourth-order valence-electron chi connectivity index (χ4n) is 2.09. The third-order valence-electron chi connectivity index (χ3n) is 3.59. The minimum atomic E-state index is 0.0619. The topological polar surface area (TPSA) is 33.2 Å². The van der Waals surface area contributed by atoms with Gasteiger partial charge in [0.1, 0.15) is 5.15 Å². The first-order chi connectivity index (χ1) is 9.53. The third-order valence-corrected chi connectivity index (χ3v) is 3.79. The van der Waals surface area contributed by atoms with Gasteiger partial charge in [-0.1, -0.05) is 38.8 Å². The molecule has 1 amide bonds. The van der Waals surface area contributed by atoms with E-state index in [2.05, 4.69) is 25.8 Å². The number of unbranched alkanes of at least 4 members (excludes halogenated alkanes) is 1. The van der Waals surface area contributed by atoms with Crippen LogP contribution in [-0.2, 0) is 6.42 Å². The number of carbonyl (C=O) groups excluding carboxylic acids is 1. The first kappa shape index (κ1) is 17.0. The zero-order valence-electron chi connectivity index (χ0n) is 12.9. The molecule has 0 aliphatic heterocycles. The molecule has 112 valence electrons. The van der Waals surface area contributed by atoms with Gasteiger partial charge >= 0.3 is 0 Å². The van der Waals surface area contributed by atoms with Crippen LogP contribution in [0.1, 0.15) is 63.0 Å². The number of aromatic nitrogens is 1. The van der Waals surface area contributed by atoms with Crippen LogP contribution < -0.4 is 0 Å². The van der Waals surface area contributed by atoms with Gasteiger partial charge < -0.3 is 4.90 Å². The van der Waals surface area contributed by atoms with E-state index in [0.717, 1.165) is 37.9 Å². The van der Waals surface area contributed by atoms with Crippen molar-refractivity contribution in [2.75, 3.05) is 6.54 Å². The van der Waals surface area contributed by atoms with E-state index >= 15 is 0 Å². The zero-order chi connectivity index (χ0) is 15.1. The van der Waals surface area contributed by atoms with Crippen molar-refractivity contribution in [1.29, 1.82) is 0 Å². The molecule has 0 radical (unpaired) electrons. The molecule has 0 bridgehead atoms. The number of halogens is 1. The molecule has 1 rings (SSSR count). The van der Waals surface area contributed by atoms with Gasteiger partial charge in [0, 0.05) is 23.8 Å². The minimum absolute atomic E-state index is 0.0619. The van der Waals surface area contributed by atoms with Crippen LogP contribution >= 0.6 is 11.6 Å². The lowest BCUT2D eigenvalue weighted by atomic mass is 10.1. The van der Waals surface area contributed by atoms with Gasteiger partial charge in [-0.05, 0) is 38.3 Å². The van der Waals surface area contributed by atoms with E-state index in [1.807, 2.05) is 17.9 Å². The fraction of sp³-hybridized carbons (Fsp3) is 0.625. The first-order valence-electron chi connectivity index (χ1n) is 7.50. The van der Waals surface area contributed by atoms with Crippen molar-refractivity contribution in [3.63, 3.8) is 0 Å². The molecular weight excluding hydrogens is 272 g/mol. The van der Waals surface area contributed by atoms with Crippen LogP contribution in [-0.4, -0.2) is 28.4 Å². The SMILES string of the molecule is CCCCN(C(=O)c1cc(Cl)nc(CC)c1)C(C)CC. The summed E-state index contributed by atoms with van der Waals surface area (Å²) in [4.78, 5) is 18.9. The van der Waals surface area contributed by atoms with Gasteiger partial charge in [-0.3, -0.25) is 4.79 Å². The summed E-state index contributed by atoms with van der Waals surface area (Å²) < 4.78 is 0. The molecule has 1 aromatic rings. The van der Waals surface area contributed by atoms with Crippen molar-refractivity contribution in [1.82, 2.24) is 9.88 Å². The van der Waals surface area contributed by atoms with Gasteiger partial charge in [-0.15, -0.1) is 0 Å². The predicted octanol–water partition coefficient (Wildman–Crippen LogP) is 4.34. The lowest BCUT2D eigenvalue weighted by molar-refractivity contribution is 0.0685. The molecule has 1 heterocycles. The molecule has 20 heavy (non-hydrogen) atoms. The second-order valence-corrected chi connectivity index (χ2v) is 5.52. The number of amides is 1. The Bertz CT molecular complexity index is 448. The average Bonchev–Trinajstić information content (AvgIpc) is 2.46. The second-order valence-electron chi connectivity index (χ2n) is 5.13. The summed E-state index contributed by atoms with van der Waals surface area (Å²) in [5.41, 5.74) is 1.51. The number of aryl methyl sites for hydroxylation is 1. The van der Waals surface area contributed by atoms with Crippen LogP contribution in [0, 0.1) is 0 Å². The lowest BCUT2D eigenvalue weighted by Crippen LogP contribution is -2.39. The smallest absolute Gasteiger partial charge is 0.254 e. The van der Waals surface area contributed by atoms with Crippen LogP contribution in [0.3, 0.4) is 0 Å². The highest BCUT2D eigenvalue weighted by Gasteiger charge is 2.20. The highest BCUT2D eigenvalue weighted by Crippen LogP contribution is 2.16. The van der Waals surface area contributed by atoms with Crippen LogP contribution in [0.25, 0.3) is 0 Å². The second kappa shape index (κ2) is 8.25. The van der Waals surface area contributed by atoms with E-state index in [-0.39, 0.29) is 11.9 Å². The third kappa shape index (κ3) is 4.48. The Morgan fingerprint density at radius 2 is 2.05 bits per heavy atom. The van der Waals surface area contributed by atoms with E-state index in [4.69, 9.17) is 11.6 Å². The Labute approximate surface area is 127 Å². The Morgan fingerprint density at radius 1 is 1.35 bits per heavy atom. The van der Waals surface area contributed by atoms with Crippen molar-refractivity contribution >= 4 is 17.5 Å². The molecular formula is C16H25ClN2O. The highest BCUT2D eigenvalue weighted by molar-refractivity contribution is 6.29. The summed E-state index contributed by atoms with van der Waals surface area (Å²) in [6.45, 7) is 9.14. The number of nitrogens with zero attached hydrogens (tertiary/aromatic N) is 2. The van der Waals surface area contributed by atoms with E-state index in [1.165, 1.54) is 0 Å². The molecule has 0 saturated heterocycles. The van der Waals surface area contributed by atoms with Crippen LogP contribution in [0.15, 0.2) is 12.1 Å². The van der Waals surface area contributed by atoms with E-state index in [0.29, 0.717) is 10.7 Å². The van der Waals surface area contributed by atoms with Crippen molar-refractivity contribution in [2.45, 2.75) is 59.4 Å². The lowest BCUT2D eigenvalue weighted by Gasteiger charge is -2.29. The molecule has 0 spiro atoms. The maximum atomic E-state index is 12.7. The fourth-order valence-corrected chi connectivity index (χ4v) is 2.32. The van der Waals surface area contributed by atoms with Crippen LogP contribution in [0.5, 0.6) is 0 Å². The number of hydrogen-bond acceptors (Lipinski definition) is 2. The number of pyridine rings is 1. The van der Waals surface area contributed by atoms with Crippen LogP contribution in [0.2, 0.25) is 5.15 Å². The Morgan fingerprint density at radius 3 is 2.60 bits per heavy atom. The van der Waals surface area contributed by atoms with Gasteiger partial charge in [0.15, 0.2) is 0 Å².